The van der Waals surface area contributed by atoms with E-state index in [0.717, 1.165) is 0 Å². The van der Waals surface area contributed by atoms with Crippen LogP contribution in [0.4, 0.5) is 0 Å². The van der Waals surface area contributed by atoms with E-state index in [4.69, 9.17) is 67.4 Å². The van der Waals surface area contributed by atoms with Gasteiger partial charge in [0.25, 0.3) is 0 Å². The average molecular weight is 611 g/mol. The lowest BCUT2D eigenvalue weighted by atomic mass is 11.8. The summed E-state index contributed by atoms with van der Waals surface area (Å²) in [5.41, 5.74) is 0. The second-order valence-electron chi connectivity index (χ2n) is 6.30. The highest BCUT2D eigenvalue weighted by Crippen LogP contribution is 2.28. The third kappa shape index (κ3) is 10.2. The van der Waals surface area contributed by atoms with Crippen LogP contribution in [0.2, 0.25) is 26.2 Å². The molecular formula is C12H34O13Si8. The number of hydrogen-bond donors (Lipinski definition) is 0. The van der Waals surface area contributed by atoms with Gasteiger partial charge >= 0.3 is 36.2 Å². The van der Waals surface area contributed by atoms with Crippen molar-refractivity contribution in [1.29, 1.82) is 0 Å². The molecular weight excluding hydrogens is 577 g/mol. The van der Waals surface area contributed by atoms with Gasteiger partial charge in [-0.3, -0.25) is 0 Å². The Kier molecular flexibility index (Phi) is 15.8. The van der Waals surface area contributed by atoms with E-state index in [1.165, 1.54) is 42.7 Å². The van der Waals surface area contributed by atoms with Crippen LogP contribution in [-0.4, -0.2) is 115 Å². The Morgan fingerprint density at radius 1 is 0.485 bits per heavy atom. The van der Waals surface area contributed by atoms with Crippen LogP contribution >= 0.6 is 0 Å². The summed E-state index contributed by atoms with van der Waals surface area (Å²) in [7, 11) is -12.8. The summed E-state index contributed by atoms with van der Waals surface area (Å²) in [6.07, 6.45) is 0. The van der Waals surface area contributed by atoms with Gasteiger partial charge in [-0.15, -0.1) is 12.0 Å². The van der Waals surface area contributed by atoms with Crippen molar-refractivity contribution in [2.24, 2.45) is 0 Å². The first-order valence-corrected chi connectivity index (χ1v) is 23.5. The maximum Gasteiger partial charge on any atom is 0.727 e. The molecule has 33 heavy (non-hydrogen) atoms. The van der Waals surface area contributed by atoms with E-state index in [9.17, 15) is 0 Å². The highest BCUT2D eigenvalue weighted by Gasteiger charge is 2.69. The molecule has 0 amide bonds. The Morgan fingerprint density at radius 3 is 1.12 bits per heavy atom. The number of rotatable bonds is 18. The van der Waals surface area contributed by atoms with Crippen LogP contribution < -0.4 is 0 Å². The van der Waals surface area contributed by atoms with Crippen molar-refractivity contribution >= 4 is 72.7 Å². The van der Waals surface area contributed by atoms with Crippen LogP contribution in [0.1, 0.15) is 0 Å². The zero-order valence-corrected chi connectivity index (χ0v) is 28.9. The molecule has 0 aliphatic rings. The van der Waals surface area contributed by atoms with E-state index in [1.807, 2.05) is 26.2 Å². The molecule has 0 aromatic heterocycles. The highest BCUT2D eigenvalue weighted by molar-refractivity contribution is 6.82. The predicted octanol–water partition coefficient (Wildman–Crippen LogP) is -0.893. The lowest BCUT2D eigenvalue weighted by molar-refractivity contribution is -0.0287. The molecule has 0 aromatic carbocycles. The standard InChI is InChI=1S/C12H34O13Si8/c1-13-30(14-2,15-3)23-33(20-27-8,22-29(11)12)25-31(16-4,17-5)24-32(18-6,19-26-7)21-28(9)10/h7-8,28-29H,1-6,9-12H3. The maximum atomic E-state index is 6.20. The van der Waals surface area contributed by atoms with Crippen molar-refractivity contribution in [3.8, 4) is 12.0 Å². The van der Waals surface area contributed by atoms with E-state index in [-0.39, 0.29) is 0 Å². The van der Waals surface area contributed by atoms with Gasteiger partial charge in [0.15, 0.2) is 18.1 Å². The quantitative estimate of drug-likeness (QED) is 0.179. The Labute approximate surface area is 208 Å². The summed E-state index contributed by atoms with van der Waals surface area (Å²) in [6.45, 7) is 7.55. The summed E-state index contributed by atoms with van der Waals surface area (Å²) in [5.74, 6) is 0. The van der Waals surface area contributed by atoms with Gasteiger partial charge in [-0.25, -0.2) is 0 Å². The molecule has 0 aliphatic carbocycles. The monoisotopic (exact) mass is 610 g/mol. The fourth-order valence-corrected chi connectivity index (χ4v) is 21.5. The van der Waals surface area contributed by atoms with Crippen LogP contribution in [0, 0.1) is 12.0 Å². The summed E-state index contributed by atoms with van der Waals surface area (Å²) in [6, 6.07) is 11.4. The third-order valence-corrected chi connectivity index (χ3v) is 21.4. The van der Waals surface area contributed by atoms with Crippen LogP contribution in [0.25, 0.3) is 0 Å². The molecule has 0 spiro atoms. The first kappa shape index (κ1) is 33.5. The zero-order valence-electron chi connectivity index (χ0n) is 20.6. The van der Waals surface area contributed by atoms with Crippen LogP contribution in [-0.2, 0) is 55.4 Å². The molecule has 2 atom stereocenters. The van der Waals surface area contributed by atoms with Gasteiger partial charge in [0, 0.05) is 42.7 Å². The second-order valence-corrected chi connectivity index (χ2v) is 23.4. The lowest BCUT2D eigenvalue weighted by Crippen LogP contribution is -2.70. The minimum Gasteiger partial charge on any atom is -0.496 e. The fourth-order valence-electron chi connectivity index (χ4n) is 2.16. The van der Waals surface area contributed by atoms with E-state index in [2.05, 4.69) is 0 Å². The van der Waals surface area contributed by atoms with Crippen molar-refractivity contribution in [3.63, 3.8) is 0 Å². The average Bonchev–Trinajstić information content (AvgIpc) is 2.76. The predicted molar refractivity (Wildman–Crippen MR) is 132 cm³/mol. The molecule has 0 saturated heterocycles. The van der Waals surface area contributed by atoms with E-state index in [0.29, 0.717) is 0 Å². The topological polar surface area (TPSA) is 120 Å². The molecule has 0 radical (unpaired) electrons. The summed E-state index contributed by atoms with van der Waals surface area (Å²) in [5, 5.41) is 0. The van der Waals surface area contributed by atoms with Crippen molar-refractivity contribution in [2.75, 3.05) is 42.7 Å². The molecule has 0 rings (SSSR count). The van der Waals surface area contributed by atoms with E-state index < -0.39 is 72.7 Å². The van der Waals surface area contributed by atoms with Crippen molar-refractivity contribution in [3.05, 3.63) is 0 Å². The Hall–Kier alpha value is 0.455. The van der Waals surface area contributed by atoms with Crippen LogP contribution in [0.3, 0.4) is 0 Å². The smallest absolute Gasteiger partial charge is 0.496 e. The highest BCUT2D eigenvalue weighted by atomic mass is 28.6. The first-order chi connectivity index (χ1) is 15.4. The third-order valence-electron chi connectivity index (χ3n) is 3.38. The summed E-state index contributed by atoms with van der Waals surface area (Å²) in [4.78, 5) is 0. The van der Waals surface area contributed by atoms with Crippen molar-refractivity contribution in [1.82, 2.24) is 0 Å². The Morgan fingerprint density at radius 2 is 0.788 bits per heavy atom. The Balaban J connectivity index is 6.59. The van der Waals surface area contributed by atoms with Crippen molar-refractivity contribution < 1.29 is 55.4 Å². The summed E-state index contributed by atoms with van der Waals surface area (Å²) >= 11 is 0. The van der Waals surface area contributed by atoms with Gasteiger partial charge in [-0.2, -0.15) is 0 Å². The minimum atomic E-state index is -4.25. The Bertz CT molecular complexity index is 644. The fraction of sp³-hybridized carbons (Fsp3) is 0.833. The lowest BCUT2D eigenvalue weighted by Gasteiger charge is -2.39. The van der Waals surface area contributed by atoms with Gasteiger partial charge in [-0.05, 0) is 26.2 Å². The largest absolute Gasteiger partial charge is 0.727 e. The van der Waals surface area contributed by atoms with Crippen LogP contribution in [0.15, 0.2) is 0 Å². The summed E-state index contributed by atoms with van der Waals surface area (Å²) < 4.78 is 74.5. The minimum absolute atomic E-state index is 0.503. The van der Waals surface area contributed by atoms with E-state index >= 15 is 0 Å². The zero-order chi connectivity index (χ0) is 25.8. The van der Waals surface area contributed by atoms with Gasteiger partial charge in [0.05, 0.1) is 0 Å². The maximum absolute atomic E-state index is 6.20. The molecule has 0 bridgehead atoms. The number of hydrogen-bond acceptors (Lipinski definition) is 13. The first-order valence-electron chi connectivity index (χ1n) is 9.48. The molecule has 0 aromatic rings. The molecule has 0 heterocycles. The van der Waals surface area contributed by atoms with E-state index in [1.54, 1.807) is 0 Å². The molecule has 2 unspecified atom stereocenters. The molecule has 0 saturated carbocycles. The van der Waals surface area contributed by atoms with Gasteiger partial charge < -0.3 is 55.4 Å². The molecule has 21 heteroatoms. The van der Waals surface area contributed by atoms with Gasteiger partial charge in [-0.1, -0.05) is 0 Å². The van der Waals surface area contributed by atoms with Gasteiger partial charge in [0.2, 0.25) is 18.4 Å². The molecule has 192 valence electrons. The second kappa shape index (κ2) is 15.5. The molecule has 0 fully saturated rings. The van der Waals surface area contributed by atoms with Crippen LogP contribution in [0.5, 0.6) is 0 Å². The van der Waals surface area contributed by atoms with Crippen molar-refractivity contribution in [2.45, 2.75) is 26.2 Å². The SMILES string of the molecule is C#[Si]O[Si](OC)(O[SiH](C)C)O[Si](OC)(OC)O[Si](O[Si]#C)(O[SiH](C)C)O[Si](OC)(OC)OC. The molecule has 13 nitrogen and oxygen atoms in total. The molecule has 0 N–H and O–H groups in total. The van der Waals surface area contributed by atoms with Gasteiger partial charge in [0.1, 0.15) is 0 Å². The molecule has 0 aliphatic heterocycles. The normalized spacial score (nSPS) is 16.1.